The van der Waals surface area contributed by atoms with Crippen LogP contribution in [0.2, 0.25) is 0 Å². The van der Waals surface area contributed by atoms with Crippen LogP contribution in [-0.2, 0) is 11.3 Å². The molecule has 100 valence electrons. The van der Waals surface area contributed by atoms with Crippen molar-refractivity contribution in [3.05, 3.63) is 17.6 Å². The van der Waals surface area contributed by atoms with E-state index in [1.807, 2.05) is 13.1 Å². The Hall–Kier alpha value is -1.16. The largest absolute Gasteiger partial charge is 0.378 e. The van der Waals surface area contributed by atoms with E-state index in [1.54, 1.807) is 7.11 Å². The summed E-state index contributed by atoms with van der Waals surface area (Å²) in [6.45, 7) is 2.87. The fraction of sp³-hybridized carbons (Fsp3) is 0.714. The molecule has 1 heterocycles. The third-order valence-electron chi connectivity index (χ3n) is 3.65. The van der Waals surface area contributed by atoms with E-state index in [0.29, 0.717) is 12.5 Å². The summed E-state index contributed by atoms with van der Waals surface area (Å²) in [5.74, 6) is 3.18. The average Bonchev–Trinajstić information content (AvgIpc) is 2.39. The Morgan fingerprint density at radius 1 is 1.39 bits per heavy atom. The van der Waals surface area contributed by atoms with Crippen LogP contribution in [-0.4, -0.2) is 24.1 Å². The minimum Gasteiger partial charge on any atom is -0.378 e. The van der Waals surface area contributed by atoms with E-state index in [-0.39, 0.29) is 0 Å². The summed E-state index contributed by atoms with van der Waals surface area (Å²) >= 11 is 0. The Balaban J connectivity index is 2.22. The van der Waals surface area contributed by atoms with Crippen LogP contribution >= 0.6 is 0 Å². The van der Waals surface area contributed by atoms with Crippen molar-refractivity contribution in [1.82, 2.24) is 9.97 Å². The third-order valence-corrected chi connectivity index (χ3v) is 3.65. The van der Waals surface area contributed by atoms with E-state index in [0.717, 1.165) is 23.3 Å². The van der Waals surface area contributed by atoms with Crippen molar-refractivity contribution >= 4 is 5.82 Å². The molecule has 2 atom stereocenters. The Morgan fingerprint density at radius 3 is 2.89 bits per heavy atom. The second-order valence-electron chi connectivity index (χ2n) is 5.25. The van der Waals surface area contributed by atoms with Crippen LogP contribution in [0.3, 0.4) is 0 Å². The SMILES string of the molecule is CNc1cc(COC)nc(C2CCCC(C)C2)n1. The predicted molar refractivity (Wildman–Crippen MR) is 72.7 cm³/mol. The van der Waals surface area contributed by atoms with E-state index in [4.69, 9.17) is 4.74 Å². The number of rotatable bonds is 4. The summed E-state index contributed by atoms with van der Waals surface area (Å²) < 4.78 is 5.17. The number of aromatic nitrogens is 2. The van der Waals surface area contributed by atoms with E-state index in [2.05, 4.69) is 22.2 Å². The lowest BCUT2D eigenvalue weighted by Crippen LogP contribution is -2.16. The molecule has 1 fully saturated rings. The van der Waals surface area contributed by atoms with Gasteiger partial charge in [0.25, 0.3) is 0 Å². The van der Waals surface area contributed by atoms with Gasteiger partial charge in [0, 0.05) is 26.1 Å². The van der Waals surface area contributed by atoms with Gasteiger partial charge < -0.3 is 10.1 Å². The van der Waals surface area contributed by atoms with Gasteiger partial charge in [0.05, 0.1) is 12.3 Å². The molecule has 18 heavy (non-hydrogen) atoms. The zero-order valence-corrected chi connectivity index (χ0v) is 11.6. The number of methoxy groups -OCH3 is 1. The van der Waals surface area contributed by atoms with Gasteiger partial charge >= 0.3 is 0 Å². The Morgan fingerprint density at radius 2 is 2.22 bits per heavy atom. The first kappa shape index (κ1) is 13.3. The molecule has 1 aromatic rings. The minimum absolute atomic E-state index is 0.512. The second kappa shape index (κ2) is 6.14. The van der Waals surface area contributed by atoms with Crippen LogP contribution < -0.4 is 5.32 Å². The topological polar surface area (TPSA) is 47.0 Å². The maximum atomic E-state index is 5.17. The standard InChI is InChI=1S/C14H23N3O/c1-10-5-4-6-11(7-10)14-16-12(9-18-3)8-13(15-2)17-14/h8,10-11H,4-7,9H2,1-3H3,(H,15,16,17). The summed E-state index contributed by atoms with van der Waals surface area (Å²) in [7, 11) is 3.59. The van der Waals surface area contributed by atoms with Crippen molar-refractivity contribution < 1.29 is 4.74 Å². The molecule has 4 heteroatoms. The maximum Gasteiger partial charge on any atom is 0.134 e. The normalized spacial score (nSPS) is 23.9. The molecule has 0 bridgehead atoms. The quantitative estimate of drug-likeness (QED) is 0.891. The van der Waals surface area contributed by atoms with Crippen molar-refractivity contribution in [1.29, 1.82) is 0 Å². The zero-order valence-electron chi connectivity index (χ0n) is 11.6. The molecule has 1 saturated carbocycles. The zero-order chi connectivity index (χ0) is 13.0. The van der Waals surface area contributed by atoms with Crippen molar-refractivity contribution in [3.8, 4) is 0 Å². The molecule has 0 saturated heterocycles. The van der Waals surface area contributed by atoms with E-state index in [1.165, 1.54) is 25.7 Å². The number of nitrogens with zero attached hydrogens (tertiary/aromatic N) is 2. The molecule has 1 aliphatic carbocycles. The van der Waals surface area contributed by atoms with Gasteiger partial charge in [0.1, 0.15) is 11.6 Å². The molecule has 2 unspecified atom stereocenters. The molecule has 1 aromatic heterocycles. The minimum atomic E-state index is 0.512. The third kappa shape index (κ3) is 3.19. The Bertz CT molecular complexity index is 395. The van der Waals surface area contributed by atoms with Gasteiger partial charge in [0.15, 0.2) is 0 Å². The van der Waals surface area contributed by atoms with Gasteiger partial charge in [-0.05, 0) is 18.8 Å². The maximum absolute atomic E-state index is 5.17. The molecule has 0 spiro atoms. The van der Waals surface area contributed by atoms with Crippen LogP contribution in [0, 0.1) is 5.92 Å². The Labute approximate surface area is 109 Å². The molecule has 0 aromatic carbocycles. The lowest BCUT2D eigenvalue weighted by molar-refractivity contribution is 0.181. The molecule has 0 aliphatic heterocycles. The number of hydrogen-bond donors (Lipinski definition) is 1. The fourth-order valence-electron chi connectivity index (χ4n) is 2.72. The lowest BCUT2D eigenvalue weighted by atomic mass is 9.82. The van der Waals surface area contributed by atoms with Crippen molar-refractivity contribution in [2.75, 3.05) is 19.5 Å². The first-order valence-corrected chi connectivity index (χ1v) is 6.77. The summed E-state index contributed by atoms with van der Waals surface area (Å²) in [5.41, 5.74) is 0.963. The van der Waals surface area contributed by atoms with Gasteiger partial charge in [0.2, 0.25) is 0 Å². The summed E-state index contributed by atoms with van der Waals surface area (Å²) in [6.07, 6.45) is 5.05. The molecule has 1 N–H and O–H groups in total. The molecular weight excluding hydrogens is 226 g/mol. The van der Waals surface area contributed by atoms with Crippen molar-refractivity contribution in [2.24, 2.45) is 5.92 Å². The summed E-state index contributed by atoms with van der Waals surface area (Å²) in [4.78, 5) is 9.27. The van der Waals surface area contributed by atoms with Crippen molar-refractivity contribution in [2.45, 2.75) is 45.1 Å². The summed E-state index contributed by atoms with van der Waals surface area (Å²) in [5, 5.41) is 3.11. The van der Waals surface area contributed by atoms with Crippen LogP contribution in [0.25, 0.3) is 0 Å². The highest BCUT2D eigenvalue weighted by Gasteiger charge is 2.23. The average molecular weight is 249 g/mol. The smallest absolute Gasteiger partial charge is 0.134 e. The van der Waals surface area contributed by atoms with E-state index >= 15 is 0 Å². The van der Waals surface area contributed by atoms with Gasteiger partial charge in [-0.2, -0.15) is 0 Å². The fourth-order valence-corrected chi connectivity index (χ4v) is 2.72. The van der Waals surface area contributed by atoms with Crippen LogP contribution in [0.5, 0.6) is 0 Å². The van der Waals surface area contributed by atoms with Gasteiger partial charge in [-0.3, -0.25) is 0 Å². The predicted octanol–water partition coefficient (Wildman–Crippen LogP) is 2.96. The number of hydrogen-bond acceptors (Lipinski definition) is 4. The highest BCUT2D eigenvalue weighted by molar-refractivity contribution is 5.35. The highest BCUT2D eigenvalue weighted by Crippen LogP contribution is 2.34. The first-order valence-electron chi connectivity index (χ1n) is 6.77. The number of nitrogens with one attached hydrogen (secondary N) is 1. The second-order valence-corrected chi connectivity index (χ2v) is 5.25. The molecular formula is C14H23N3O. The lowest BCUT2D eigenvalue weighted by Gasteiger charge is -2.26. The molecule has 4 nitrogen and oxygen atoms in total. The highest BCUT2D eigenvalue weighted by atomic mass is 16.5. The number of anilines is 1. The summed E-state index contributed by atoms with van der Waals surface area (Å²) in [6, 6.07) is 1.96. The molecule has 1 aliphatic rings. The Kier molecular flexibility index (Phi) is 4.53. The van der Waals surface area contributed by atoms with Crippen LogP contribution in [0.4, 0.5) is 5.82 Å². The first-order chi connectivity index (χ1) is 8.72. The van der Waals surface area contributed by atoms with Gasteiger partial charge in [-0.15, -0.1) is 0 Å². The van der Waals surface area contributed by atoms with E-state index in [9.17, 15) is 0 Å². The monoisotopic (exact) mass is 249 g/mol. The van der Waals surface area contributed by atoms with E-state index < -0.39 is 0 Å². The molecule has 0 radical (unpaired) electrons. The van der Waals surface area contributed by atoms with Gasteiger partial charge in [-0.25, -0.2) is 9.97 Å². The van der Waals surface area contributed by atoms with Gasteiger partial charge in [-0.1, -0.05) is 19.8 Å². The number of ether oxygens (including phenoxy) is 1. The van der Waals surface area contributed by atoms with Crippen molar-refractivity contribution in [3.63, 3.8) is 0 Å². The molecule has 0 amide bonds. The van der Waals surface area contributed by atoms with Crippen LogP contribution in [0.1, 0.15) is 50.0 Å². The molecule has 2 rings (SSSR count). The van der Waals surface area contributed by atoms with Crippen LogP contribution in [0.15, 0.2) is 6.07 Å².